The number of nitrogens with two attached hydrogens (primary N) is 1. The molecule has 0 aliphatic carbocycles. The summed E-state index contributed by atoms with van der Waals surface area (Å²) in [6, 6.07) is 2.09. The first-order valence-electron chi connectivity index (χ1n) is 6.41. The highest BCUT2D eigenvalue weighted by Gasteiger charge is 2.13. The maximum Gasteiger partial charge on any atom is 0.217 e. The van der Waals surface area contributed by atoms with Crippen LogP contribution in [-0.2, 0) is 11.8 Å². The molecule has 0 aromatic carbocycles. The van der Waals surface area contributed by atoms with Gasteiger partial charge in [0.2, 0.25) is 5.91 Å². The molecule has 4 nitrogen and oxygen atoms in total. The van der Waals surface area contributed by atoms with Crippen molar-refractivity contribution in [1.82, 2.24) is 9.78 Å². The number of aryl methyl sites for hydroxylation is 1. The Hall–Kier alpha value is -1.32. The molecular weight excluding hydrogens is 214 g/mol. The average Bonchev–Trinajstić information content (AvgIpc) is 2.69. The van der Waals surface area contributed by atoms with E-state index in [4.69, 9.17) is 5.73 Å². The van der Waals surface area contributed by atoms with Gasteiger partial charge in [0, 0.05) is 31.3 Å². The molecule has 0 aliphatic rings. The number of primary amides is 1. The van der Waals surface area contributed by atoms with Crippen molar-refractivity contribution in [3.05, 3.63) is 18.0 Å². The lowest BCUT2D eigenvalue weighted by atomic mass is 9.93. The van der Waals surface area contributed by atoms with Gasteiger partial charge in [-0.1, -0.05) is 19.8 Å². The number of rotatable bonds is 8. The molecule has 1 unspecified atom stereocenters. The van der Waals surface area contributed by atoms with Gasteiger partial charge in [-0.15, -0.1) is 0 Å². The van der Waals surface area contributed by atoms with Gasteiger partial charge in [-0.2, -0.15) is 5.10 Å². The van der Waals surface area contributed by atoms with Crippen molar-refractivity contribution in [3.8, 4) is 0 Å². The number of amides is 1. The third-order valence-electron chi connectivity index (χ3n) is 3.14. The number of hydrogen-bond acceptors (Lipinski definition) is 2. The summed E-state index contributed by atoms with van der Waals surface area (Å²) in [5.41, 5.74) is 6.43. The van der Waals surface area contributed by atoms with Crippen LogP contribution in [0.4, 0.5) is 0 Å². The summed E-state index contributed by atoms with van der Waals surface area (Å²) in [6.45, 7) is 2.20. The topological polar surface area (TPSA) is 60.9 Å². The maximum atomic E-state index is 10.7. The number of unbranched alkanes of at least 4 members (excludes halogenated alkanes) is 1. The summed E-state index contributed by atoms with van der Waals surface area (Å²) in [5.74, 6) is 0.359. The molecule has 1 heterocycles. The van der Waals surface area contributed by atoms with E-state index in [9.17, 15) is 4.79 Å². The van der Waals surface area contributed by atoms with Crippen LogP contribution < -0.4 is 5.73 Å². The number of carbonyl (C=O) groups is 1. The summed E-state index contributed by atoms with van der Waals surface area (Å²) in [6.07, 6.45) is 7.76. The molecule has 4 heteroatoms. The highest BCUT2D eigenvalue weighted by Crippen LogP contribution is 2.26. The third-order valence-corrected chi connectivity index (χ3v) is 3.14. The molecule has 1 aromatic heterocycles. The molecule has 0 spiro atoms. The highest BCUT2D eigenvalue weighted by atomic mass is 16.1. The first-order valence-corrected chi connectivity index (χ1v) is 6.41. The van der Waals surface area contributed by atoms with E-state index in [-0.39, 0.29) is 5.91 Å². The quantitative estimate of drug-likeness (QED) is 0.705. The van der Waals surface area contributed by atoms with E-state index >= 15 is 0 Å². The standard InChI is InChI=1S/C13H23N3O/c1-3-6-11(7-4-5-8-13(14)17)12-9-10-15-16(12)2/h9-11H,3-8H2,1-2H3,(H2,14,17). The van der Waals surface area contributed by atoms with Gasteiger partial charge in [-0.05, 0) is 25.3 Å². The fraction of sp³-hybridized carbons (Fsp3) is 0.692. The summed E-state index contributed by atoms with van der Waals surface area (Å²) in [4.78, 5) is 10.7. The van der Waals surface area contributed by atoms with Gasteiger partial charge in [0.15, 0.2) is 0 Å². The molecule has 2 N–H and O–H groups in total. The van der Waals surface area contributed by atoms with E-state index < -0.39 is 0 Å². The Kier molecular flexibility index (Phi) is 5.73. The van der Waals surface area contributed by atoms with Gasteiger partial charge in [0.05, 0.1) is 0 Å². The van der Waals surface area contributed by atoms with Gasteiger partial charge >= 0.3 is 0 Å². The second-order valence-electron chi connectivity index (χ2n) is 4.58. The molecule has 1 rings (SSSR count). The molecule has 96 valence electrons. The molecular formula is C13H23N3O. The molecule has 0 saturated heterocycles. The predicted octanol–water partition coefficient (Wildman–Crippen LogP) is 2.35. The van der Waals surface area contributed by atoms with Gasteiger partial charge in [-0.25, -0.2) is 0 Å². The van der Waals surface area contributed by atoms with Crippen LogP contribution in [0.15, 0.2) is 12.3 Å². The lowest BCUT2D eigenvalue weighted by Crippen LogP contribution is -2.10. The smallest absolute Gasteiger partial charge is 0.217 e. The zero-order valence-corrected chi connectivity index (χ0v) is 10.9. The van der Waals surface area contributed by atoms with Crippen LogP contribution in [0, 0.1) is 0 Å². The third kappa shape index (κ3) is 4.59. The average molecular weight is 237 g/mol. The Morgan fingerprint density at radius 1 is 1.47 bits per heavy atom. The largest absolute Gasteiger partial charge is 0.370 e. The summed E-state index contributed by atoms with van der Waals surface area (Å²) >= 11 is 0. The first-order chi connectivity index (χ1) is 8.15. The Bertz CT molecular complexity index is 346. The van der Waals surface area contributed by atoms with Gasteiger partial charge in [0.1, 0.15) is 0 Å². The van der Waals surface area contributed by atoms with E-state index in [1.54, 1.807) is 0 Å². The molecule has 17 heavy (non-hydrogen) atoms. The van der Waals surface area contributed by atoms with Crippen molar-refractivity contribution in [3.63, 3.8) is 0 Å². The Morgan fingerprint density at radius 2 is 2.24 bits per heavy atom. The van der Waals surface area contributed by atoms with E-state index in [0.717, 1.165) is 19.3 Å². The van der Waals surface area contributed by atoms with E-state index in [2.05, 4.69) is 18.1 Å². The van der Waals surface area contributed by atoms with E-state index in [1.807, 2.05) is 17.9 Å². The molecule has 1 atom stereocenters. The minimum atomic E-state index is -0.197. The van der Waals surface area contributed by atoms with E-state index in [0.29, 0.717) is 12.3 Å². The molecule has 1 aromatic rings. The van der Waals surface area contributed by atoms with Crippen LogP contribution in [0.25, 0.3) is 0 Å². The second kappa shape index (κ2) is 7.09. The van der Waals surface area contributed by atoms with Crippen molar-refractivity contribution >= 4 is 5.91 Å². The van der Waals surface area contributed by atoms with Crippen molar-refractivity contribution in [2.75, 3.05) is 0 Å². The zero-order valence-electron chi connectivity index (χ0n) is 10.9. The number of carbonyl (C=O) groups excluding carboxylic acids is 1. The number of aromatic nitrogens is 2. The van der Waals surface area contributed by atoms with Crippen molar-refractivity contribution in [2.45, 2.75) is 51.4 Å². The molecule has 1 amide bonds. The highest BCUT2D eigenvalue weighted by molar-refractivity contribution is 5.73. The SMILES string of the molecule is CCCC(CCCCC(N)=O)c1ccnn1C. The molecule has 0 fully saturated rings. The Morgan fingerprint density at radius 3 is 2.76 bits per heavy atom. The fourth-order valence-electron chi connectivity index (χ4n) is 2.26. The maximum absolute atomic E-state index is 10.7. The molecule has 0 bridgehead atoms. The van der Waals surface area contributed by atoms with Gasteiger partial charge in [0.25, 0.3) is 0 Å². The van der Waals surface area contributed by atoms with Crippen LogP contribution in [0.3, 0.4) is 0 Å². The van der Waals surface area contributed by atoms with Crippen LogP contribution in [0.1, 0.15) is 57.1 Å². The van der Waals surface area contributed by atoms with Gasteiger partial charge < -0.3 is 5.73 Å². The van der Waals surface area contributed by atoms with Crippen molar-refractivity contribution < 1.29 is 4.79 Å². The summed E-state index contributed by atoms with van der Waals surface area (Å²) in [5, 5.41) is 4.22. The van der Waals surface area contributed by atoms with Crippen LogP contribution >= 0.6 is 0 Å². The lowest BCUT2D eigenvalue weighted by molar-refractivity contribution is -0.118. The normalized spacial score (nSPS) is 12.6. The van der Waals surface area contributed by atoms with Crippen LogP contribution in [0.5, 0.6) is 0 Å². The Labute approximate surface area is 103 Å². The summed E-state index contributed by atoms with van der Waals surface area (Å²) in [7, 11) is 1.99. The predicted molar refractivity (Wildman–Crippen MR) is 68.5 cm³/mol. The van der Waals surface area contributed by atoms with Crippen molar-refractivity contribution in [1.29, 1.82) is 0 Å². The lowest BCUT2D eigenvalue weighted by Gasteiger charge is -2.16. The molecule has 0 saturated carbocycles. The van der Waals surface area contributed by atoms with Crippen LogP contribution in [0.2, 0.25) is 0 Å². The fourth-order valence-corrected chi connectivity index (χ4v) is 2.26. The number of hydrogen-bond donors (Lipinski definition) is 1. The zero-order chi connectivity index (χ0) is 12.7. The minimum absolute atomic E-state index is 0.197. The Balaban J connectivity index is 2.44. The monoisotopic (exact) mass is 237 g/mol. The van der Waals surface area contributed by atoms with Crippen molar-refractivity contribution in [2.24, 2.45) is 12.8 Å². The molecule has 0 radical (unpaired) electrons. The second-order valence-corrected chi connectivity index (χ2v) is 4.58. The minimum Gasteiger partial charge on any atom is -0.370 e. The number of nitrogens with zero attached hydrogens (tertiary/aromatic N) is 2. The van der Waals surface area contributed by atoms with E-state index in [1.165, 1.54) is 18.5 Å². The van der Waals surface area contributed by atoms with Crippen LogP contribution in [-0.4, -0.2) is 15.7 Å². The summed E-state index contributed by atoms with van der Waals surface area (Å²) < 4.78 is 1.95. The molecule has 0 aliphatic heterocycles. The van der Waals surface area contributed by atoms with Gasteiger partial charge in [-0.3, -0.25) is 9.48 Å². The first kappa shape index (κ1) is 13.7.